The molecular formula is C24H25ClN4O3. The number of aromatic nitrogens is 2. The SMILES string of the molecule is CC(C)c1ccc(-c2noc(CCC(=O)Nc3ccc(N4CCCC4=O)c(Cl)c3)n2)cc1. The van der Waals surface area contributed by atoms with Crippen molar-refractivity contribution >= 4 is 34.8 Å². The summed E-state index contributed by atoms with van der Waals surface area (Å²) >= 11 is 6.34. The van der Waals surface area contributed by atoms with Crippen LogP contribution in [0.25, 0.3) is 11.4 Å². The Labute approximate surface area is 191 Å². The molecular weight excluding hydrogens is 428 g/mol. The largest absolute Gasteiger partial charge is 0.339 e. The van der Waals surface area contributed by atoms with Gasteiger partial charge in [0, 0.05) is 37.1 Å². The summed E-state index contributed by atoms with van der Waals surface area (Å²) in [6.45, 7) is 4.95. The van der Waals surface area contributed by atoms with Gasteiger partial charge in [-0.05, 0) is 36.1 Å². The zero-order valence-corrected chi connectivity index (χ0v) is 18.9. The maximum atomic E-state index is 12.4. The summed E-state index contributed by atoms with van der Waals surface area (Å²) in [5, 5.41) is 7.27. The van der Waals surface area contributed by atoms with Gasteiger partial charge in [-0.1, -0.05) is 54.9 Å². The molecule has 3 aromatic rings. The van der Waals surface area contributed by atoms with Crippen LogP contribution in [-0.2, 0) is 16.0 Å². The molecule has 1 fully saturated rings. The quantitative estimate of drug-likeness (QED) is 0.531. The summed E-state index contributed by atoms with van der Waals surface area (Å²) in [6.07, 6.45) is 1.89. The third-order valence-electron chi connectivity index (χ3n) is 5.47. The summed E-state index contributed by atoms with van der Waals surface area (Å²) in [7, 11) is 0. The van der Waals surface area contributed by atoms with Crippen molar-refractivity contribution in [2.24, 2.45) is 0 Å². The van der Waals surface area contributed by atoms with Gasteiger partial charge in [0.15, 0.2) is 0 Å². The Balaban J connectivity index is 1.32. The summed E-state index contributed by atoms with van der Waals surface area (Å²) < 4.78 is 5.30. The van der Waals surface area contributed by atoms with Gasteiger partial charge in [0.25, 0.3) is 0 Å². The van der Waals surface area contributed by atoms with Crippen molar-refractivity contribution in [3.63, 3.8) is 0 Å². The van der Waals surface area contributed by atoms with Crippen LogP contribution in [0.1, 0.15) is 50.5 Å². The van der Waals surface area contributed by atoms with Gasteiger partial charge in [-0.2, -0.15) is 4.98 Å². The second kappa shape index (κ2) is 9.53. The van der Waals surface area contributed by atoms with Gasteiger partial charge in [-0.3, -0.25) is 9.59 Å². The fraction of sp³-hybridized carbons (Fsp3) is 0.333. The number of anilines is 2. The summed E-state index contributed by atoms with van der Waals surface area (Å²) in [5.41, 5.74) is 3.37. The number of amides is 2. The Morgan fingerprint density at radius 2 is 2.00 bits per heavy atom. The first-order valence-corrected chi connectivity index (χ1v) is 11.1. The Kier molecular flexibility index (Phi) is 6.55. The molecule has 0 radical (unpaired) electrons. The van der Waals surface area contributed by atoms with Crippen molar-refractivity contribution in [3.05, 3.63) is 58.9 Å². The molecule has 1 N–H and O–H groups in total. The van der Waals surface area contributed by atoms with Gasteiger partial charge in [-0.15, -0.1) is 0 Å². The van der Waals surface area contributed by atoms with Crippen LogP contribution >= 0.6 is 11.6 Å². The molecule has 0 aliphatic carbocycles. The first kappa shape index (κ1) is 22.0. The number of benzene rings is 2. The number of hydrogen-bond acceptors (Lipinski definition) is 5. The predicted octanol–water partition coefficient (Wildman–Crippen LogP) is 5.21. The number of aryl methyl sites for hydroxylation is 1. The number of nitrogens with one attached hydrogen (secondary N) is 1. The Morgan fingerprint density at radius 1 is 1.22 bits per heavy atom. The van der Waals surface area contributed by atoms with Crippen molar-refractivity contribution in [1.82, 2.24) is 10.1 Å². The lowest BCUT2D eigenvalue weighted by Crippen LogP contribution is -2.24. The first-order chi connectivity index (χ1) is 15.4. The monoisotopic (exact) mass is 452 g/mol. The van der Waals surface area contributed by atoms with Gasteiger partial charge in [0.1, 0.15) is 0 Å². The number of nitrogens with zero attached hydrogens (tertiary/aromatic N) is 3. The molecule has 0 spiro atoms. The van der Waals surface area contributed by atoms with Crippen LogP contribution in [0.2, 0.25) is 5.02 Å². The highest BCUT2D eigenvalue weighted by Crippen LogP contribution is 2.31. The van der Waals surface area contributed by atoms with Crippen molar-refractivity contribution in [2.45, 2.75) is 45.4 Å². The van der Waals surface area contributed by atoms with E-state index in [9.17, 15) is 9.59 Å². The summed E-state index contributed by atoms with van der Waals surface area (Å²) in [4.78, 5) is 30.4. The highest BCUT2D eigenvalue weighted by atomic mass is 35.5. The topological polar surface area (TPSA) is 88.3 Å². The minimum Gasteiger partial charge on any atom is -0.339 e. The summed E-state index contributed by atoms with van der Waals surface area (Å²) in [5.74, 6) is 1.25. The van der Waals surface area contributed by atoms with Crippen LogP contribution in [-0.4, -0.2) is 28.5 Å². The molecule has 1 aromatic heterocycles. The van der Waals surface area contributed by atoms with Crippen molar-refractivity contribution in [1.29, 1.82) is 0 Å². The van der Waals surface area contributed by atoms with Crippen LogP contribution in [0, 0.1) is 0 Å². The third-order valence-corrected chi connectivity index (χ3v) is 5.77. The lowest BCUT2D eigenvalue weighted by Gasteiger charge is -2.18. The van der Waals surface area contributed by atoms with Crippen LogP contribution in [0.4, 0.5) is 11.4 Å². The molecule has 32 heavy (non-hydrogen) atoms. The number of carbonyl (C=O) groups is 2. The van der Waals surface area contributed by atoms with E-state index < -0.39 is 0 Å². The van der Waals surface area contributed by atoms with Crippen molar-refractivity contribution in [2.75, 3.05) is 16.8 Å². The second-order valence-electron chi connectivity index (χ2n) is 8.15. The molecule has 0 unspecified atom stereocenters. The van der Waals surface area contributed by atoms with E-state index in [4.69, 9.17) is 16.1 Å². The van der Waals surface area contributed by atoms with E-state index >= 15 is 0 Å². The number of rotatable bonds is 7. The molecule has 1 aliphatic rings. The molecule has 2 heterocycles. The molecule has 7 nitrogen and oxygen atoms in total. The fourth-order valence-electron chi connectivity index (χ4n) is 3.64. The fourth-order valence-corrected chi connectivity index (χ4v) is 3.92. The third kappa shape index (κ3) is 4.99. The first-order valence-electron chi connectivity index (χ1n) is 10.7. The Morgan fingerprint density at radius 3 is 2.66 bits per heavy atom. The summed E-state index contributed by atoms with van der Waals surface area (Å²) in [6, 6.07) is 13.2. The van der Waals surface area contributed by atoms with Crippen molar-refractivity contribution in [3.8, 4) is 11.4 Å². The molecule has 0 atom stereocenters. The van der Waals surface area contributed by atoms with Gasteiger partial charge >= 0.3 is 0 Å². The number of carbonyl (C=O) groups excluding carboxylic acids is 2. The molecule has 2 aromatic carbocycles. The van der Waals surface area contributed by atoms with Gasteiger partial charge < -0.3 is 14.7 Å². The van der Waals surface area contributed by atoms with E-state index in [1.165, 1.54) is 5.56 Å². The zero-order valence-electron chi connectivity index (χ0n) is 18.1. The molecule has 1 saturated heterocycles. The lowest BCUT2D eigenvalue weighted by atomic mass is 10.0. The molecule has 0 bridgehead atoms. The standard InChI is InChI=1S/C24H25ClN4O3/c1-15(2)16-5-7-17(8-6-16)24-27-22(32-28-24)12-11-21(30)26-18-9-10-20(19(25)14-18)29-13-3-4-23(29)31/h5-10,14-15H,3-4,11-13H2,1-2H3,(H,26,30). The maximum Gasteiger partial charge on any atom is 0.227 e. The highest BCUT2D eigenvalue weighted by Gasteiger charge is 2.23. The van der Waals surface area contributed by atoms with Crippen LogP contribution in [0.15, 0.2) is 47.0 Å². The molecule has 0 saturated carbocycles. The molecule has 2 amide bonds. The van der Waals surface area contributed by atoms with E-state index in [2.05, 4.69) is 41.4 Å². The van der Waals surface area contributed by atoms with Crippen molar-refractivity contribution < 1.29 is 14.1 Å². The predicted molar refractivity (Wildman–Crippen MR) is 124 cm³/mol. The zero-order chi connectivity index (χ0) is 22.7. The molecule has 4 rings (SSSR count). The van der Waals surface area contributed by atoms with E-state index in [-0.39, 0.29) is 18.2 Å². The van der Waals surface area contributed by atoms with E-state index in [0.29, 0.717) is 53.4 Å². The smallest absolute Gasteiger partial charge is 0.227 e. The van der Waals surface area contributed by atoms with Gasteiger partial charge in [0.2, 0.25) is 23.5 Å². The van der Waals surface area contributed by atoms with E-state index in [1.807, 2.05) is 12.1 Å². The van der Waals surface area contributed by atoms with Gasteiger partial charge in [0.05, 0.1) is 10.7 Å². The Hall–Kier alpha value is -3.19. The minimum absolute atomic E-state index is 0.0680. The minimum atomic E-state index is -0.188. The van der Waals surface area contributed by atoms with E-state index in [1.54, 1.807) is 23.1 Å². The highest BCUT2D eigenvalue weighted by molar-refractivity contribution is 6.34. The number of halogens is 1. The lowest BCUT2D eigenvalue weighted by molar-refractivity contribution is -0.117. The van der Waals surface area contributed by atoms with Gasteiger partial charge in [-0.25, -0.2) is 0 Å². The molecule has 166 valence electrons. The van der Waals surface area contributed by atoms with E-state index in [0.717, 1.165) is 12.0 Å². The Bertz CT molecular complexity index is 1120. The van der Waals surface area contributed by atoms with Crippen LogP contribution < -0.4 is 10.2 Å². The average molecular weight is 453 g/mol. The molecule has 8 heteroatoms. The van der Waals surface area contributed by atoms with Crippen LogP contribution in [0.5, 0.6) is 0 Å². The molecule has 1 aliphatic heterocycles. The number of hydrogen-bond donors (Lipinski definition) is 1. The second-order valence-corrected chi connectivity index (χ2v) is 8.56. The normalized spacial score (nSPS) is 13.8. The van der Waals surface area contributed by atoms with Crippen LogP contribution in [0.3, 0.4) is 0 Å². The average Bonchev–Trinajstić information content (AvgIpc) is 3.42. The maximum absolute atomic E-state index is 12.4.